The molecule has 196 valence electrons. The Morgan fingerprint density at radius 1 is 1.00 bits per heavy atom. The van der Waals surface area contributed by atoms with Gasteiger partial charge in [-0.3, -0.25) is 0 Å². The molecular weight excluding hydrogens is 462 g/mol. The van der Waals surface area contributed by atoms with E-state index in [1.54, 1.807) is 18.0 Å². The van der Waals surface area contributed by atoms with Crippen molar-refractivity contribution in [3.05, 3.63) is 41.9 Å². The second-order valence-corrected chi connectivity index (χ2v) is 11.2. The van der Waals surface area contributed by atoms with Crippen LogP contribution in [0.4, 0.5) is 0 Å². The third kappa shape index (κ3) is 4.40. The predicted octanol–water partition coefficient (Wildman–Crippen LogP) is 4.65. The first-order valence-corrected chi connectivity index (χ1v) is 13.8. The second kappa shape index (κ2) is 9.72. The summed E-state index contributed by atoms with van der Waals surface area (Å²) >= 11 is 0. The molecular formula is C29H39N7O. The largest absolute Gasteiger partial charge is 0.493 e. The Balaban J connectivity index is 1.22. The number of ether oxygens (including phenoxy) is 1. The second-order valence-electron chi connectivity index (χ2n) is 11.2. The number of methoxy groups -OCH3 is 1. The van der Waals surface area contributed by atoms with E-state index in [9.17, 15) is 0 Å². The molecule has 0 unspecified atom stereocenters. The van der Waals surface area contributed by atoms with Gasteiger partial charge in [-0.05, 0) is 102 Å². The average Bonchev–Trinajstić information content (AvgIpc) is 3.53. The molecule has 0 aliphatic carbocycles. The maximum atomic E-state index is 5.59. The zero-order valence-electron chi connectivity index (χ0n) is 22.8. The number of fused-ring (bicyclic) bond motifs is 2. The van der Waals surface area contributed by atoms with Gasteiger partial charge in [-0.15, -0.1) is 0 Å². The van der Waals surface area contributed by atoms with Gasteiger partial charge in [0, 0.05) is 30.9 Å². The predicted molar refractivity (Wildman–Crippen MR) is 147 cm³/mol. The Kier molecular flexibility index (Phi) is 6.41. The molecule has 8 nitrogen and oxygen atoms in total. The van der Waals surface area contributed by atoms with Crippen molar-refractivity contribution in [2.75, 3.05) is 33.3 Å². The van der Waals surface area contributed by atoms with Crippen molar-refractivity contribution in [2.24, 2.45) is 7.05 Å². The molecule has 4 aromatic rings. The van der Waals surface area contributed by atoms with Crippen molar-refractivity contribution in [1.82, 2.24) is 33.9 Å². The monoisotopic (exact) mass is 501 g/mol. The van der Waals surface area contributed by atoms with Gasteiger partial charge < -0.3 is 19.1 Å². The lowest BCUT2D eigenvalue weighted by Crippen LogP contribution is -2.48. The Bertz CT molecular complexity index is 1400. The van der Waals surface area contributed by atoms with Gasteiger partial charge in [0.25, 0.3) is 0 Å². The van der Waals surface area contributed by atoms with E-state index in [-0.39, 0.29) is 0 Å². The van der Waals surface area contributed by atoms with Crippen LogP contribution in [0, 0.1) is 6.92 Å². The molecule has 5 heterocycles. The number of hydrogen-bond donors (Lipinski definition) is 0. The number of aromatic nitrogens is 5. The minimum atomic E-state index is 0.611. The number of aryl methyl sites for hydroxylation is 2. The SMILES string of the molecule is COc1cc(-c2nc3c(C)cc(C4CCN(C5CCN(C(C)C)CC5)CC4)cc3n2C)cn2ncnc12. The molecule has 0 atom stereocenters. The molecule has 0 bridgehead atoms. The lowest BCUT2D eigenvalue weighted by atomic mass is 9.87. The highest BCUT2D eigenvalue weighted by molar-refractivity contribution is 5.84. The fourth-order valence-electron chi connectivity index (χ4n) is 6.51. The molecule has 2 aliphatic heterocycles. The molecule has 0 N–H and O–H groups in total. The first kappa shape index (κ1) is 24.4. The van der Waals surface area contributed by atoms with E-state index >= 15 is 0 Å². The molecule has 2 aliphatic rings. The molecule has 37 heavy (non-hydrogen) atoms. The van der Waals surface area contributed by atoms with Gasteiger partial charge in [-0.1, -0.05) is 6.07 Å². The molecule has 0 amide bonds. The smallest absolute Gasteiger partial charge is 0.197 e. The molecule has 1 aromatic carbocycles. The van der Waals surface area contributed by atoms with Crippen molar-refractivity contribution < 1.29 is 4.74 Å². The van der Waals surface area contributed by atoms with E-state index in [0.717, 1.165) is 22.9 Å². The summed E-state index contributed by atoms with van der Waals surface area (Å²) < 4.78 is 9.55. The number of likely N-dealkylation sites (tertiary alicyclic amines) is 2. The number of pyridine rings is 1. The zero-order valence-corrected chi connectivity index (χ0v) is 22.8. The Labute approximate surface area is 219 Å². The van der Waals surface area contributed by atoms with E-state index in [1.165, 1.54) is 68.5 Å². The number of piperidine rings is 2. The summed E-state index contributed by atoms with van der Waals surface area (Å²) in [6.07, 6.45) is 8.63. The average molecular weight is 502 g/mol. The van der Waals surface area contributed by atoms with Crippen LogP contribution in [0.5, 0.6) is 5.75 Å². The fourth-order valence-corrected chi connectivity index (χ4v) is 6.51. The maximum absolute atomic E-state index is 5.59. The summed E-state index contributed by atoms with van der Waals surface area (Å²) in [4.78, 5) is 14.8. The van der Waals surface area contributed by atoms with Gasteiger partial charge in [-0.2, -0.15) is 5.10 Å². The molecule has 8 heteroatoms. The molecule has 2 saturated heterocycles. The third-order valence-corrected chi connectivity index (χ3v) is 8.77. The third-order valence-electron chi connectivity index (χ3n) is 8.77. The van der Waals surface area contributed by atoms with Gasteiger partial charge in [0.15, 0.2) is 11.4 Å². The van der Waals surface area contributed by atoms with E-state index in [0.29, 0.717) is 23.4 Å². The van der Waals surface area contributed by atoms with Crippen LogP contribution in [0.25, 0.3) is 28.1 Å². The number of nitrogens with zero attached hydrogens (tertiary/aromatic N) is 7. The van der Waals surface area contributed by atoms with E-state index in [4.69, 9.17) is 9.72 Å². The first-order valence-electron chi connectivity index (χ1n) is 13.8. The standard InChI is InChI=1S/C29H39N7O/c1-19(2)34-12-8-24(9-13-34)35-10-6-21(7-11-35)22-14-20(3)27-25(15-22)33(4)28(32-27)23-16-26(37-5)29-30-18-31-36(29)17-23/h14-19,21,24H,6-13H2,1-5H3. The molecule has 2 fully saturated rings. The van der Waals surface area contributed by atoms with E-state index < -0.39 is 0 Å². The highest BCUT2D eigenvalue weighted by Crippen LogP contribution is 2.35. The quantitative estimate of drug-likeness (QED) is 0.397. The summed E-state index contributed by atoms with van der Waals surface area (Å²) in [7, 11) is 3.77. The van der Waals surface area contributed by atoms with Crippen LogP contribution in [0.15, 0.2) is 30.7 Å². The van der Waals surface area contributed by atoms with Crippen LogP contribution < -0.4 is 4.74 Å². The first-order chi connectivity index (χ1) is 17.9. The lowest BCUT2D eigenvalue weighted by Gasteiger charge is -2.43. The van der Waals surface area contributed by atoms with Crippen LogP contribution in [-0.4, -0.2) is 79.3 Å². The Morgan fingerprint density at radius 2 is 1.76 bits per heavy atom. The summed E-state index contributed by atoms with van der Waals surface area (Å²) in [5, 5.41) is 4.32. The summed E-state index contributed by atoms with van der Waals surface area (Å²) in [6.45, 7) is 11.8. The van der Waals surface area contributed by atoms with Gasteiger partial charge in [0.2, 0.25) is 0 Å². The van der Waals surface area contributed by atoms with Gasteiger partial charge in [-0.25, -0.2) is 14.5 Å². The summed E-state index contributed by atoms with van der Waals surface area (Å²) in [6, 6.07) is 8.19. The number of rotatable bonds is 5. The minimum absolute atomic E-state index is 0.611. The summed E-state index contributed by atoms with van der Waals surface area (Å²) in [5.74, 6) is 2.22. The molecule has 6 rings (SSSR count). The van der Waals surface area contributed by atoms with Gasteiger partial charge in [0.1, 0.15) is 12.2 Å². The van der Waals surface area contributed by atoms with Crippen molar-refractivity contribution in [2.45, 2.75) is 64.5 Å². The number of benzene rings is 1. The van der Waals surface area contributed by atoms with Gasteiger partial charge >= 0.3 is 0 Å². The van der Waals surface area contributed by atoms with Crippen LogP contribution in [0.3, 0.4) is 0 Å². The van der Waals surface area contributed by atoms with Crippen LogP contribution in [0.1, 0.15) is 56.6 Å². The molecule has 0 spiro atoms. The van der Waals surface area contributed by atoms with Gasteiger partial charge in [0.05, 0.1) is 18.1 Å². The van der Waals surface area contributed by atoms with Crippen molar-refractivity contribution in [1.29, 1.82) is 0 Å². The number of imidazole rings is 1. The minimum Gasteiger partial charge on any atom is -0.493 e. The van der Waals surface area contributed by atoms with Crippen molar-refractivity contribution in [3.63, 3.8) is 0 Å². The normalized spacial score (nSPS) is 19.0. The number of hydrogen-bond acceptors (Lipinski definition) is 6. The van der Waals surface area contributed by atoms with Crippen molar-refractivity contribution in [3.8, 4) is 17.1 Å². The Hall–Kier alpha value is -2.97. The molecule has 0 saturated carbocycles. The maximum Gasteiger partial charge on any atom is 0.197 e. The topological polar surface area (TPSA) is 63.7 Å². The van der Waals surface area contributed by atoms with Crippen molar-refractivity contribution >= 4 is 16.7 Å². The molecule has 3 aromatic heterocycles. The van der Waals surface area contributed by atoms with Crippen LogP contribution in [-0.2, 0) is 7.05 Å². The lowest BCUT2D eigenvalue weighted by molar-refractivity contribution is 0.0753. The van der Waals surface area contributed by atoms with Crippen LogP contribution >= 0.6 is 0 Å². The highest BCUT2D eigenvalue weighted by Gasteiger charge is 2.29. The molecule has 0 radical (unpaired) electrons. The fraction of sp³-hybridized carbons (Fsp3) is 0.552. The summed E-state index contributed by atoms with van der Waals surface area (Å²) in [5.41, 5.74) is 6.62. The van der Waals surface area contributed by atoms with E-state index in [1.807, 2.05) is 12.3 Å². The Morgan fingerprint density at radius 3 is 2.46 bits per heavy atom. The highest BCUT2D eigenvalue weighted by atomic mass is 16.5. The van der Waals surface area contributed by atoms with Crippen LogP contribution in [0.2, 0.25) is 0 Å². The van der Waals surface area contributed by atoms with E-state index in [2.05, 4.69) is 64.4 Å². The zero-order chi connectivity index (χ0) is 25.7.